The highest BCUT2D eigenvalue weighted by Gasteiger charge is 2.54. The molecule has 0 aromatic carbocycles. The lowest BCUT2D eigenvalue weighted by molar-refractivity contribution is -0.148. The molecule has 4 atom stereocenters. The maximum absolute atomic E-state index is 13.4. The number of hydrogen-bond donors (Lipinski definition) is 2. The first kappa shape index (κ1) is 25.2. The minimum Gasteiger partial charge on any atom is -0.481 e. The fourth-order valence-corrected chi connectivity index (χ4v) is 7.70. The first-order valence-electron chi connectivity index (χ1n) is 13.3. The molecule has 0 spiro atoms. The van der Waals surface area contributed by atoms with E-state index in [-0.39, 0.29) is 29.8 Å². The average molecular weight is 490 g/mol. The molecule has 3 aliphatic carbocycles. The second-order valence-electron chi connectivity index (χ2n) is 10.7. The van der Waals surface area contributed by atoms with E-state index in [2.05, 4.69) is 5.32 Å². The van der Waals surface area contributed by atoms with Gasteiger partial charge in [-0.1, -0.05) is 38.5 Å². The number of anilines is 1. The highest BCUT2D eigenvalue weighted by Crippen LogP contribution is 2.53. The fraction of sp³-hybridized carbons (Fsp3) is 0.741. The van der Waals surface area contributed by atoms with Crippen LogP contribution in [0.1, 0.15) is 105 Å². The Bertz CT molecular complexity index is 907. The summed E-state index contributed by atoms with van der Waals surface area (Å²) in [5, 5.41) is 13.4. The van der Waals surface area contributed by atoms with Gasteiger partial charge in [0, 0.05) is 4.88 Å². The van der Waals surface area contributed by atoms with Crippen LogP contribution in [0.3, 0.4) is 0 Å². The number of fused-ring (bicyclic) bond motifs is 3. The van der Waals surface area contributed by atoms with Crippen LogP contribution in [0.5, 0.6) is 0 Å². The van der Waals surface area contributed by atoms with Crippen molar-refractivity contribution in [3.8, 4) is 0 Å². The van der Waals surface area contributed by atoms with Crippen LogP contribution in [-0.2, 0) is 27.2 Å². The van der Waals surface area contributed by atoms with Crippen molar-refractivity contribution in [2.24, 2.45) is 23.7 Å². The number of thiophene rings is 1. The minimum atomic E-state index is -0.870. The number of ether oxygens (including phenoxy) is 1. The molecule has 2 bridgehead atoms. The summed E-state index contributed by atoms with van der Waals surface area (Å²) in [6.07, 6.45) is 13.5. The molecular weight excluding hydrogens is 450 g/mol. The van der Waals surface area contributed by atoms with Crippen LogP contribution in [0.25, 0.3) is 0 Å². The van der Waals surface area contributed by atoms with E-state index in [0.29, 0.717) is 10.6 Å². The number of carbonyl (C=O) groups is 3. The van der Waals surface area contributed by atoms with Crippen LogP contribution in [0.2, 0.25) is 0 Å². The fourth-order valence-electron chi connectivity index (χ4n) is 6.42. The van der Waals surface area contributed by atoms with Gasteiger partial charge in [0.1, 0.15) is 5.00 Å². The van der Waals surface area contributed by atoms with Gasteiger partial charge in [0.2, 0.25) is 5.91 Å². The first-order valence-corrected chi connectivity index (χ1v) is 14.1. The summed E-state index contributed by atoms with van der Waals surface area (Å²) in [6.45, 7) is 3.67. The molecule has 1 aromatic heterocycles. The molecule has 3 aliphatic rings. The lowest BCUT2D eigenvalue weighted by Gasteiger charge is -2.27. The van der Waals surface area contributed by atoms with Crippen molar-refractivity contribution >= 4 is 34.2 Å². The van der Waals surface area contributed by atoms with E-state index in [4.69, 9.17) is 4.74 Å². The Morgan fingerprint density at radius 2 is 1.50 bits per heavy atom. The monoisotopic (exact) mass is 489 g/mol. The van der Waals surface area contributed by atoms with Crippen LogP contribution in [0, 0.1) is 23.7 Å². The van der Waals surface area contributed by atoms with E-state index in [1.54, 1.807) is 0 Å². The minimum absolute atomic E-state index is 0.0903. The van der Waals surface area contributed by atoms with Gasteiger partial charge in [-0.05, 0) is 76.2 Å². The second kappa shape index (κ2) is 11.2. The highest BCUT2D eigenvalue weighted by atomic mass is 32.1. The second-order valence-corrected chi connectivity index (χ2v) is 11.8. The molecule has 0 saturated heterocycles. The normalized spacial score (nSPS) is 27.5. The van der Waals surface area contributed by atoms with Crippen molar-refractivity contribution in [1.29, 1.82) is 0 Å². The summed E-state index contributed by atoms with van der Waals surface area (Å²) >= 11 is 1.50. The van der Waals surface area contributed by atoms with Gasteiger partial charge in [-0.25, -0.2) is 4.79 Å². The van der Waals surface area contributed by atoms with Crippen molar-refractivity contribution in [1.82, 2.24) is 0 Å². The van der Waals surface area contributed by atoms with Crippen molar-refractivity contribution in [2.75, 3.05) is 5.32 Å². The number of rotatable bonds is 5. The van der Waals surface area contributed by atoms with Crippen molar-refractivity contribution in [3.63, 3.8) is 0 Å². The quantitative estimate of drug-likeness (QED) is 0.479. The number of aryl methyl sites for hydroxylation is 1. The maximum Gasteiger partial charge on any atom is 0.341 e. The number of esters is 1. The SMILES string of the molecule is CC(C)OC(=O)c1c(NC(=O)[C@@H]2[C@@H]3CC[C@@H](C3)[C@@H]2C(=O)O)sc2c1CCCCCCCCCC2. The zero-order valence-corrected chi connectivity index (χ0v) is 21.4. The van der Waals surface area contributed by atoms with Gasteiger partial charge in [-0.2, -0.15) is 0 Å². The van der Waals surface area contributed by atoms with Gasteiger partial charge in [-0.3, -0.25) is 9.59 Å². The predicted octanol–water partition coefficient (Wildman–Crippen LogP) is 6.22. The summed E-state index contributed by atoms with van der Waals surface area (Å²) in [5.74, 6) is -2.41. The largest absolute Gasteiger partial charge is 0.481 e. The molecule has 34 heavy (non-hydrogen) atoms. The molecule has 188 valence electrons. The molecule has 6 nitrogen and oxygen atoms in total. The third-order valence-corrected chi connectivity index (χ3v) is 9.17. The Labute approximate surface area is 206 Å². The van der Waals surface area contributed by atoms with E-state index in [0.717, 1.165) is 56.9 Å². The zero-order valence-electron chi connectivity index (χ0n) is 20.6. The third-order valence-electron chi connectivity index (χ3n) is 7.96. The van der Waals surface area contributed by atoms with Crippen LogP contribution in [0.15, 0.2) is 0 Å². The zero-order chi connectivity index (χ0) is 24.2. The van der Waals surface area contributed by atoms with Gasteiger partial charge < -0.3 is 15.2 Å². The summed E-state index contributed by atoms with van der Waals surface area (Å²) in [4.78, 5) is 39.8. The number of nitrogens with one attached hydrogen (secondary N) is 1. The number of aliphatic carboxylic acids is 1. The van der Waals surface area contributed by atoms with Crippen LogP contribution in [0.4, 0.5) is 5.00 Å². The molecule has 2 saturated carbocycles. The number of carboxylic acid groups (broad SMARTS) is 1. The molecule has 1 amide bonds. The molecule has 0 unspecified atom stereocenters. The van der Waals surface area contributed by atoms with Crippen molar-refractivity contribution < 1.29 is 24.2 Å². The Morgan fingerprint density at radius 1 is 0.912 bits per heavy atom. The molecule has 1 heterocycles. The van der Waals surface area contributed by atoms with Gasteiger partial charge in [0.15, 0.2) is 0 Å². The Hall–Kier alpha value is -1.89. The topological polar surface area (TPSA) is 92.7 Å². The van der Waals surface area contributed by atoms with E-state index in [1.807, 2.05) is 13.8 Å². The Kier molecular flexibility index (Phi) is 8.33. The molecule has 7 heteroatoms. The standard InChI is InChI=1S/C27H39NO5S/c1-16(2)33-27(32)23-19-11-9-7-5-3-4-6-8-10-12-20(19)34-25(23)28-24(29)21-17-13-14-18(15-17)22(21)26(30)31/h16-18,21-22H,3-15H2,1-2H3,(H,28,29)(H,30,31)/t17-,18+,21-,22+/m1/s1. The number of amides is 1. The Morgan fingerprint density at radius 3 is 2.12 bits per heavy atom. The third kappa shape index (κ3) is 5.50. The highest BCUT2D eigenvalue weighted by molar-refractivity contribution is 7.17. The van der Waals surface area contributed by atoms with Crippen molar-refractivity contribution in [3.05, 3.63) is 16.0 Å². The molecule has 2 fully saturated rings. The predicted molar refractivity (Wildman–Crippen MR) is 133 cm³/mol. The van der Waals surface area contributed by atoms with E-state index in [9.17, 15) is 19.5 Å². The molecule has 0 aliphatic heterocycles. The molecule has 2 N–H and O–H groups in total. The van der Waals surface area contributed by atoms with E-state index in [1.165, 1.54) is 48.3 Å². The number of carboxylic acids is 1. The van der Waals surface area contributed by atoms with Crippen molar-refractivity contribution in [2.45, 2.75) is 103 Å². The lowest BCUT2D eigenvalue weighted by atomic mass is 9.78. The van der Waals surface area contributed by atoms with Gasteiger partial charge in [-0.15, -0.1) is 11.3 Å². The van der Waals surface area contributed by atoms with E-state index >= 15 is 0 Å². The first-order chi connectivity index (χ1) is 16.4. The summed E-state index contributed by atoms with van der Waals surface area (Å²) in [6, 6.07) is 0. The smallest absolute Gasteiger partial charge is 0.341 e. The van der Waals surface area contributed by atoms with Crippen LogP contribution in [-0.4, -0.2) is 29.1 Å². The van der Waals surface area contributed by atoms with Gasteiger partial charge in [0.05, 0.1) is 23.5 Å². The van der Waals surface area contributed by atoms with Gasteiger partial charge >= 0.3 is 11.9 Å². The summed E-state index contributed by atoms with van der Waals surface area (Å²) in [7, 11) is 0. The number of carbonyl (C=O) groups excluding carboxylic acids is 2. The average Bonchev–Trinajstić information content (AvgIpc) is 3.46. The van der Waals surface area contributed by atoms with E-state index < -0.39 is 17.8 Å². The molecule has 1 aromatic rings. The maximum atomic E-state index is 13.4. The van der Waals surface area contributed by atoms with Gasteiger partial charge in [0.25, 0.3) is 0 Å². The Balaban J connectivity index is 1.63. The molecular formula is C27H39NO5S. The molecule has 0 radical (unpaired) electrons. The number of hydrogen-bond acceptors (Lipinski definition) is 5. The lowest BCUT2D eigenvalue weighted by Crippen LogP contribution is -2.38. The summed E-state index contributed by atoms with van der Waals surface area (Å²) in [5.41, 5.74) is 1.54. The van der Waals surface area contributed by atoms with Crippen LogP contribution < -0.4 is 5.32 Å². The summed E-state index contributed by atoms with van der Waals surface area (Å²) < 4.78 is 5.61. The van der Waals surface area contributed by atoms with Crippen LogP contribution >= 0.6 is 11.3 Å². The molecule has 4 rings (SSSR count).